The average molecular weight is 321 g/mol. The Morgan fingerprint density at radius 2 is 2.04 bits per heavy atom. The first-order valence-corrected chi connectivity index (χ1v) is 7.15. The van der Waals surface area contributed by atoms with Gasteiger partial charge in [0.2, 0.25) is 11.8 Å². The fourth-order valence-electron chi connectivity index (χ4n) is 2.28. The van der Waals surface area contributed by atoms with Crippen molar-refractivity contribution in [3.05, 3.63) is 45.8 Å². The summed E-state index contributed by atoms with van der Waals surface area (Å²) in [5, 5.41) is 13.3. The molecule has 1 aromatic rings. The molecule has 0 bridgehead atoms. The van der Waals surface area contributed by atoms with E-state index in [-0.39, 0.29) is 18.0 Å². The first-order valence-electron chi connectivity index (χ1n) is 7.15. The van der Waals surface area contributed by atoms with Crippen molar-refractivity contribution in [2.75, 3.05) is 19.6 Å². The minimum absolute atomic E-state index is 0.109. The fourth-order valence-corrected chi connectivity index (χ4v) is 2.28. The summed E-state index contributed by atoms with van der Waals surface area (Å²) < 4.78 is 13.0. The fraction of sp³-hybridized carbons (Fsp3) is 0.333. The van der Waals surface area contributed by atoms with Gasteiger partial charge in [-0.25, -0.2) is 4.39 Å². The van der Waals surface area contributed by atoms with Gasteiger partial charge in [-0.3, -0.25) is 19.7 Å². The van der Waals surface area contributed by atoms with Gasteiger partial charge in [0.1, 0.15) is 5.82 Å². The van der Waals surface area contributed by atoms with Crippen LogP contribution in [0, 0.1) is 15.9 Å². The molecule has 23 heavy (non-hydrogen) atoms. The van der Waals surface area contributed by atoms with Crippen molar-refractivity contribution >= 4 is 23.6 Å². The number of carbonyl (C=O) groups is 2. The normalized spacial score (nSPS) is 14.2. The standard InChI is InChI=1S/C15H16FN3O4/c16-12-5-3-11(13(9-12)19(22)23)4-6-14(20)17-10-15(21)18-7-1-2-8-18/h3-6,9H,1-2,7-8,10H2,(H,17,20). The number of hydrogen-bond donors (Lipinski definition) is 1. The number of nitro groups is 1. The van der Waals surface area contributed by atoms with Gasteiger partial charge in [0.25, 0.3) is 5.69 Å². The zero-order valence-corrected chi connectivity index (χ0v) is 12.3. The maximum atomic E-state index is 13.0. The number of nitro benzene ring substituents is 1. The van der Waals surface area contributed by atoms with Gasteiger partial charge in [0.05, 0.1) is 23.1 Å². The van der Waals surface area contributed by atoms with Crippen molar-refractivity contribution in [3.63, 3.8) is 0 Å². The monoisotopic (exact) mass is 321 g/mol. The molecular formula is C15H16FN3O4. The van der Waals surface area contributed by atoms with Crippen LogP contribution in [0.3, 0.4) is 0 Å². The molecule has 1 aromatic carbocycles. The molecule has 1 aliphatic rings. The van der Waals surface area contributed by atoms with Crippen LogP contribution in [0.5, 0.6) is 0 Å². The van der Waals surface area contributed by atoms with E-state index in [1.54, 1.807) is 4.90 Å². The van der Waals surface area contributed by atoms with Gasteiger partial charge in [-0.05, 0) is 31.1 Å². The molecule has 2 rings (SSSR count). The topological polar surface area (TPSA) is 92.5 Å². The highest BCUT2D eigenvalue weighted by atomic mass is 19.1. The molecule has 0 saturated carbocycles. The lowest BCUT2D eigenvalue weighted by molar-refractivity contribution is -0.385. The van der Waals surface area contributed by atoms with Gasteiger partial charge >= 0.3 is 0 Å². The predicted molar refractivity (Wildman–Crippen MR) is 80.9 cm³/mol. The van der Waals surface area contributed by atoms with Crippen LogP contribution in [0.1, 0.15) is 18.4 Å². The number of rotatable bonds is 5. The molecule has 1 N–H and O–H groups in total. The molecule has 0 spiro atoms. The first kappa shape index (κ1) is 16.6. The molecule has 122 valence electrons. The first-order chi connectivity index (χ1) is 11.0. The summed E-state index contributed by atoms with van der Waals surface area (Å²) in [6, 6.07) is 3.07. The van der Waals surface area contributed by atoms with Gasteiger partial charge in [0, 0.05) is 19.2 Å². The minimum atomic E-state index is -0.727. The lowest BCUT2D eigenvalue weighted by atomic mass is 10.1. The molecule has 1 aliphatic heterocycles. The van der Waals surface area contributed by atoms with Crippen LogP contribution >= 0.6 is 0 Å². The Kier molecular flexibility index (Phi) is 5.40. The zero-order valence-electron chi connectivity index (χ0n) is 12.3. The summed E-state index contributed by atoms with van der Waals surface area (Å²) in [7, 11) is 0. The lowest BCUT2D eigenvalue weighted by Gasteiger charge is -2.14. The van der Waals surface area contributed by atoms with E-state index < -0.39 is 22.3 Å². The molecule has 1 fully saturated rings. The molecule has 8 heteroatoms. The molecule has 1 heterocycles. The van der Waals surface area contributed by atoms with E-state index in [2.05, 4.69) is 5.32 Å². The highest BCUT2D eigenvalue weighted by Gasteiger charge is 2.18. The Bertz CT molecular complexity index is 654. The minimum Gasteiger partial charge on any atom is -0.343 e. The summed E-state index contributed by atoms with van der Waals surface area (Å²) in [6.07, 6.45) is 4.23. The van der Waals surface area contributed by atoms with E-state index in [1.165, 1.54) is 12.1 Å². The lowest BCUT2D eigenvalue weighted by Crippen LogP contribution is -2.38. The smallest absolute Gasteiger partial charge is 0.279 e. The van der Waals surface area contributed by atoms with Crippen molar-refractivity contribution < 1.29 is 18.9 Å². The highest BCUT2D eigenvalue weighted by Crippen LogP contribution is 2.20. The van der Waals surface area contributed by atoms with E-state index in [4.69, 9.17) is 0 Å². The maximum absolute atomic E-state index is 13.0. The van der Waals surface area contributed by atoms with Crippen LogP contribution in [0.25, 0.3) is 6.08 Å². The zero-order chi connectivity index (χ0) is 16.8. The van der Waals surface area contributed by atoms with Crippen LogP contribution in [-0.4, -0.2) is 41.3 Å². The summed E-state index contributed by atoms with van der Waals surface area (Å²) in [6.45, 7) is 1.29. The third-order valence-electron chi connectivity index (χ3n) is 3.48. The molecule has 0 aliphatic carbocycles. The van der Waals surface area contributed by atoms with Crippen molar-refractivity contribution in [1.82, 2.24) is 10.2 Å². The summed E-state index contributed by atoms with van der Waals surface area (Å²) >= 11 is 0. The van der Waals surface area contributed by atoms with Crippen LogP contribution < -0.4 is 5.32 Å². The number of nitrogens with zero attached hydrogens (tertiary/aromatic N) is 2. The van der Waals surface area contributed by atoms with Gasteiger partial charge in [0.15, 0.2) is 0 Å². The van der Waals surface area contributed by atoms with Crippen molar-refractivity contribution in [2.45, 2.75) is 12.8 Å². The Morgan fingerprint density at radius 1 is 1.35 bits per heavy atom. The Labute approximate surface area is 131 Å². The summed E-state index contributed by atoms with van der Waals surface area (Å²) in [5.74, 6) is -1.43. The maximum Gasteiger partial charge on any atom is 0.279 e. The number of amides is 2. The second-order valence-corrected chi connectivity index (χ2v) is 5.10. The molecule has 0 atom stereocenters. The molecule has 0 radical (unpaired) electrons. The van der Waals surface area contributed by atoms with Gasteiger partial charge in [-0.15, -0.1) is 0 Å². The number of halogens is 1. The van der Waals surface area contributed by atoms with E-state index in [9.17, 15) is 24.1 Å². The number of hydrogen-bond acceptors (Lipinski definition) is 4. The molecule has 0 aromatic heterocycles. The molecule has 7 nitrogen and oxygen atoms in total. The Hall–Kier alpha value is -2.77. The van der Waals surface area contributed by atoms with Crippen LogP contribution in [0.4, 0.5) is 10.1 Å². The van der Waals surface area contributed by atoms with E-state index >= 15 is 0 Å². The van der Waals surface area contributed by atoms with Crippen molar-refractivity contribution in [1.29, 1.82) is 0 Å². The number of nitrogens with one attached hydrogen (secondary N) is 1. The Morgan fingerprint density at radius 3 is 2.70 bits per heavy atom. The summed E-state index contributed by atoms with van der Waals surface area (Å²) in [4.78, 5) is 35.2. The number of benzene rings is 1. The van der Waals surface area contributed by atoms with E-state index in [0.717, 1.165) is 31.1 Å². The van der Waals surface area contributed by atoms with E-state index in [0.29, 0.717) is 13.1 Å². The quantitative estimate of drug-likeness (QED) is 0.505. The molecule has 2 amide bonds. The SMILES string of the molecule is O=C(C=Cc1ccc(F)cc1[N+](=O)[O-])NCC(=O)N1CCCC1. The van der Waals surface area contributed by atoms with Crippen LogP contribution in [0.15, 0.2) is 24.3 Å². The van der Waals surface area contributed by atoms with E-state index in [1.807, 2.05) is 0 Å². The van der Waals surface area contributed by atoms with Gasteiger partial charge in [-0.2, -0.15) is 0 Å². The highest BCUT2D eigenvalue weighted by molar-refractivity contribution is 5.94. The third kappa shape index (κ3) is 4.60. The molecular weight excluding hydrogens is 305 g/mol. The van der Waals surface area contributed by atoms with Crippen molar-refractivity contribution in [2.24, 2.45) is 0 Å². The van der Waals surface area contributed by atoms with Gasteiger partial charge in [-0.1, -0.05) is 0 Å². The third-order valence-corrected chi connectivity index (χ3v) is 3.48. The second kappa shape index (κ2) is 7.48. The molecule has 0 unspecified atom stereocenters. The second-order valence-electron chi connectivity index (χ2n) is 5.10. The average Bonchev–Trinajstić information content (AvgIpc) is 3.05. The molecule has 1 saturated heterocycles. The largest absolute Gasteiger partial charge is 0.343 e. The summed E-state index contributed by atoms with van der Waals surface area (Å²) in [5.41, 5.74) is -0.320. The Balaban J connectivity index is 1.93. The van der Waals surface area contributed by atoms with Gasteiger partial charge < -0.3 is 10.2 Å². The van der Waals surface area contributed by atoms with Crippen LogP contribution in [0.2, 0.25) is 0 Å². The number of likely N-dealkylation sites (tertiary alicyclic amines) is 1. The van der Waals surface area contributed by atoms with Crippen LogP contribution in [-0.2, 0) is 9.59 Å². The number of carbonyl (C=O) groups excluding carboxylic acids is 2. The van der Waals surface area contributed by atoms with Crippen molar-refractivity contribution in [3.8, 4) is 0 Å². The predicted octanol–water partition coefficient (Wildman–Crippen LogP) is 1.49.